The molecule has 0 N–H and O–H groups in total. The summed E-state index contributed by atoms with van der Waals surface area (Å²) in [5.74, 6) is 0. The molecule has 0 aliphatic heterocycles. The van der Waals surface area contributed by atoms with Crippen molar-refractivity contribution in [2.75, 3.05) is 0 Å². The predicted octanol–water partition coefficient (Wildman–Crippen LogP) is 12.9. The summed E-state index contributed by atoms with van der Waals surface area (Å²) in [6.07, 6.45) is 0. The largest absolute Gasteiger partial charge is 0.456 e. The molecule has 0 fully saturated rings. The van der Waals surface area contributed by atoms with Crippen LogP contribution in [0, 0.1) is 0 Å². The smallest absolute Gasteiger partial charge is 0.136 e. The van der Waals surface area contributed by atoms with Gasteiger partial charge in [-0.15, -0.1) is 0 Å². The van der Waals surface area contributed by atoms with Crippen LogP contribution in [0.2, 0.25) is 0 Å². The fourth-order valence-corrected chi connectivity index (χ4v) is 8.80. The lowest BCUT2D eigenvalue weighted by Gasteiger charge is -2.10. The van der Waals surface area contributed by atoms with Gasteiger partial charge in [0.25, 0.3) is 0 Å². The molecule has 0 unspecified atom stereocenters. The van der Waals surface area contributed by atoms with E-state index in [4.69, 9.17) is 4.42 Å². The van der Waals surface area contributed by atoms with Crippen molar-refractivity contribution in [3.63, 3.8) is 0 Å². The van der Waals surface area contributed by atoms with Gasteiger partial charge in [0.15, 0.2) is 0 Å². The molecule has 4 heteroatoms. The maximum absolute atomic E-state index is 6.67. The standard InChI is InChI=1S/C48H29N3O/c1-2-12-30(13-3-1)49-45-24-22-31(50-41-18-8-4-14-33(41)34-15-5-9-19-42(34)50)26-37(45)38-29-48-40(28-46(38)49)39-27-32(23-25-47(39)52-48)51-43-20-10-6-16-35(43)36-17-7-11-21-44(36)51/h1-29H. The third-order valence-electron chi connectivity index (χ3n) is 11.0. The molecule has 0 radical (unpaired) electrons. The number of aromatic nitrogens is 3. The summed E-state index contributed by atoms with van der Waals surface area (Å²) >= 11 is 0. The minimum atomic E-state index is 0.883. The summed E-state index contributed by atoms with van der Waals surface area (Å²) in [6, 6.07) is 63.5. The van der Waals surface area contributed by atoms with Gasteiger partial charge in [0, 0.05) is 60.2 Å². The molecule has 0 aliphatic carbocycles. The Morgan fingerprint density at radius 3 is 1.25 bits per heavy atom. The third kappa shape index (κ3) is 3.70. The molecule has 4 heterocycles. The van der Waals surface area contributed by atoms with E-state index in [-0.39, 0.29) is 0 Å². The molecule has 0 atom stereocenters. The van der Waals surface area contributed by atoms with E-state index in [0.29, 0.717) is 0 Å². The van der Waals surface area contributed by atoms with Crippen molar-refractivity contribution < 1.29 is 4.42 Å². The lowest BCUT2D eigenvalue weighted by Crippen LogP contribution is -1.95. The quantitative estimate of drug-likeness (QED) is 0.185. The number of hydrogen-bond acceptors (Lipinski definition) is 1. The topological polar surface area (TPSA) is 27.9 Å². The number of benzene rings is 8. The van der Waals surface area contributed by atoms with Crippen molar-refractivity contribution in [1.29, 1.82) is 0 Å². The zero-order chi connectivity index (χ0) is 33.9. The van der Waals surface area contributed by atoms with Crippen LogP contribution >= 0.6 is 0 Å². The van der Waals surface area contributed by atoms with Crippen molar-refractivity contribution in [3.05, 3.63) is 176 Å². The van der Waals surface area contributed by atoms with Gasteiger partial charge in [-0.05, 0) is 84.9 Å². The van der Waals surface area contributed by atoms with Crippen molar-refractivity contribution in [2.24, 2.45) is 0 Å². The van der Waals surface area contributed by atoms with Crippen LogP contribution in [-0.4, -0.2) is 13.7 Å². The summed E-state index contributed by atoms with van der Waals surface area (Å²) in [5.41, 5.74) is 12.3. The number of para-hydroxylation sites is 5. The zero-order valence-corrected chi connectivity index (χ0v) is 28.0. The van der Waals surface area contributed by atoms with Crippen LogP contribution in [0.3, 0.4) is 0 Å². The van der Waals surface area contributed by atoms with E-state index in [9.17, 15) is 0 Å². The van der Waals surface area contributed by atoms with Gasteiger partial charge in [-0.3, -0.25) is 0 Å². The van der Waals surface area contributed by atoms with Crippen LogP contribution in [0.25, 0.3) is 104 Å². The molecular formula is C48H29N3O. The molecule has 52 heavy (non-hydrogen) atoms. The normalized spacial score (nSPS) is 12.2. The molecule has 0 amide bonds. The number of nitrogens with zero attached hydrogens (tertiary/aromatic N) is 3. The van der Waals surface area contributed by atoms with E-state index < -0.39 is 0 Å². The van der Waals surface area contributed by atoms with Crippen molar-refractivity contribution in [2.45, 2.75) is 0 Å². The molecule has 0 bridgehead atoms. The molecule has 242 valence electrons. The van der Waals surface area contributed by atoms with Gasteiger partial charge in [-0.2, -0.15) is 0 Å². The summed E-state index contributed by atoms with van der Waals surface area (Å²) in [5, 5.41) is 9.58. The highest BCUT2D eigenvalue weighted by Crippen LogP contribution is 2.41. The summed E-state index contributed by atoms with van der Waals surface area (Å²) in [7, 11) is 0. The lowest BCUT2D eigenvalue weighted by molar-refractivity contribution is 0.669. The Kier molecular flexibility index (Phi) is 5.47. The highest BCUT2D eigenvalue weighted by molar-refractivity contribution is 6.18. The average molecular weight is 664 g/mol. The predicted molar refractivity (Wildman–Crippen MR) is 217 cm³/mol. The molecule has 12 rings (SSSR count). The first-order valence-electron chi connectivity index (χ1n) is 17.8. The first kappa shape index (κ1) is 27.7. The van der Waals surface area contributed by atoms with Gasteiger partial charge in [0.05, 0.1) is 33.1 Å². The van der Waals surface area contributed by atoms with Gasteiger partial charge < -0.3 is 18.1 Å². The van der Waals surface area contributed by atoms with Crippen LogP contribution in [0.15, 0.2) is 180 Å². The first-order valence-corrected chi connectivity index (χ1v) is 17.8. The maximum atomic E-state index is 6.67. The summed E-state index contributed by atoms with van der Waals surface area (Å²) < 4.78 is 13.8. The van der Waals surface area contributed by atoms with Crippen molar-refractivity contribution in [3.8, 4) is 17.1 Å². The summed E-state index contributed by atoms with van der Waals surface area (Å²) in [6.45, 7) is 0. The fraction of sp³-hybridized carbons (Fsp3) is 0. The maximum Gasteiger partial charge on any atom is 0.136 e. The molecule has 0 aliphatic rings. The zero-order valence-electron chi connectivity index (χ0n) is 28.0. The lowest BCUT2D eigenvalue weighted by atomic mass is 10.1. The van der Waals surface area contributed by atoms with E-state index in [1.54, 1.807) is 0 Å². The van der Waals surface area contributed by atoms with Crippen LogP contribution in [0.5, 0.6) is 0 Å². The number of furan rings is 1. The molecule has 0 saturated carbocycles. The van der Waals surface area contributed by atoms with E-state index in [2.05, 4.69) is 190 Å². The van der Waals surface area contributed by atoms with Gasteiger partial charge in [-0.25, -0.2) is 0 Å². The molecule has 8 aromatic carbocycles. The van der Waals surface area contributed by atoms with E-state index in [0.717, 1.165) is 55.4 Å². The van der Waals surface area contributed by atoms with Crippen molar-refractivity contribution in [1.82, 2.24) is 13.7 Å². The Labute approximate surface area is 297 Å². The average Bonchev–Trinajstić information content (AvgIpc) is 3.93. The second-order valence-corrected chi connectivity index (χ2v) is 13.8. The Hall–Kier alpha value is -7.04. The molecule has 4 nitrogen and oxygen atoms in total. The van der Waals surface area contributed by atoms with Crippen LogP contribution in [-0.2, 0) is 0 Å². The van der Waals surface area contributed by atoms with Gasteiger partial charge in [0.1, 0.15) is 11.2 Å². The van der Waals surface area contributed by atoms with E-state index >= 15 is 0 Å². The fourth-order valence-electron chi connectivity index (χ4n) is 8.80. The monoisotopic (exact) mass is 663 g/mol. The SMILES string of the molecule is c1ccc(-n2c3ccc(-n4c5ccccc5c5ccccc54)cc3c3cc4oc5ccc(-n6c7ccccc7c7ccccc76)cc5c4cc32)cc1. The molecule has 4 aromatic heterocycles. The Bertz CT molecular complexity index is 3300. The van der Waals surface area contributed by atoms with E-state index in [1.165, 1.54) is 49.0 Å². The second kappa shape index (κ2) is 10.3. The van der Waals surface area contributed by atoms with Crippen LogP contribution < -0.4 is 0 Å². The minimum absolute atomic E-state index is 0.883. The summed E-state index contributed by atoms with van der Waals surface area (Å²) in [4.78, 5) is 0. The Morgan fingerprint density at radius 2 is 0.673 bits per heavy atom. The second-order valence-electron chi connectivity index (χ2n) is 13.8. The Morgan fingerprint density at radius 1 is 0.250 bits per heavy atom. The first-order chi connectivity index (χ1) is 25.8. The third-order valence-corrected chi connectivity index (χ3v) is 11.0. The molecule has 0 spiro atoms. The number of fused-ring (bicyclic) bond motifs is 12. The highest BCUT2D eigenvalue weighted by Gasteiger charge is 2.20. The van der Waals surface area contributed by atoms with Crippen LogP contribution in [0.4, 0.5) is 0 Å². The minimum Gasteiger partial charge on any atom is -0.456 e. The van der Waals surface area contributed by atoms with E-state index in [1.807, 2.05) is 0 Å². The Balaban J connectivity index is 1.14. The molecule has 12 aromatic rings. The van der Waals surface area contributed by atoms with Gasteiger partial charge in [-0.1, -0.05) is 91.0 Å². The van der Waals surface area contributed by atoms with Gasteiger partial charge in [0.2, 0.25) is 0 Å². The molecule has 0 saturated heterocycles. The van der Waals surface area contributed by atoms with Gasteiger partial charge >= 0.3 is 0 Å². The molecular weight excluding hydrogens is 635 g/mol. The number of rotatable bonds is 3. The highest BCUT2D eigenvalue weighted by atomic mass is 16.3. The van der Waals surface area contributed by atoms with Crippen molar-refractivity contribution >= 4 is 87.4 Å². The van der Waals surface area contributed by atoms with Crippen LogP contribution in [0.1, 0.15) is 0 Å². The number of hydrogen-bond donors (Lipinski definition) is 0.